The maximum atomic E-state index is 12.5. The molecule has 98 valence electrons. The monoisotopic (exact) mass is 237 g/mol. The van der Waals surface area contributed by atoms with E-state index in [2.05, 4.69) is 4.90 Å². The van der Waals surface area contributed by atoms with Crippen LogP contribution >= 0.6 is 0 Å². The van der Waals surface area contributed by atoms with E-state index in [-0.39, 0.29) is 7.43 Å². The van der Waals surface area contributed by atoms with E-state index >= 15 is 0 Å². The average molecular weight is 237 g/mol. The molecule has 1 aliphatic heterocycles. The molecule has 2 aliphatic carbocycles. The molecule has 0 aromatic carbocycles. The first-order chi connectivity index (χ1) is 7.84. The van der Waals surface area contributed by atoms with E-state index in [0.717, 1.165) is 12.5 Å². The van der Waals surface area contributed by atoms with Crippen molar-refractivity contribution in [3.05, 3.63) is 0 Å². The summed E-state index contributed by atoms with van der Waals surface area (Å²) in [5, 5.41) is 0. The highest BCUT2D eigenvalue weighted by atomic mass is 16.2. The second-order valence-corrected chi connectivity index (χ2v) is 5.99. The number of likely N-dealkylation sites (tertiary alicyclic amines) is 1. The Morgan fingerprint density at radius 3 is 2.47 bits per heavy atom. The molecule has 0 N–H and O–H groups in total. The number of carbonyl (C=O) groups is 1. The normalized spacial score (nSPS) is 34.4. The van der Waals surface area contributed by atoms with Crippen LogP contribution in [-0.2, 0) is 4.79 Å². The van der Waals surface area contributed by atoms with Crippen molar-refractivity contribution in [1.82, 2.24) is 4.90 Å². The van der Waals surface area contributed by atoms with Gasteiger partial charge in [-0.3, -0.25) is 4.79 Å². The fraction of sp³-hybridized carbons (Fsp3) is 0.933. The van der Waals surface area contributed by atoms with Gasteiger partial charge in [0.1, 0.15) is 0 Å². The zero-order chi connectivity index (χ0) is 11.0. The predicted octanol–water partition coefficient (Wildman–Crippen LogP) is 3.60. The highest BCUT2D eigenvalue weighted by Gasteiger charge is 2.37. The van der Waals surface area contributed by atoms with Gasteiger partial charge in [0.05, 0.1) is 0 Å². The molecule has 0 spiro atoms. The molecule has 3 fully saturated rings. The molecule has 2 saturated carbocycles. The largest absolute Gasteiger partial charge is 0.339 e. The molecule has 3 rings (SSSR count). The molecule has 2 unspecified atom stereocenters. The molecule has 2 bridgehead atoms. The van der Waals surface area contributed by atoms with Crippen molar-refractivity contribution in [3.8, 4) is 0 Å². The van der Waals surface area contributed by atoms with Crippen molar-refractivity contribution in [1.29, 1.82) is 0 Å². The van der Waals surface area contributed by atoms with Crippen molar-refractivity contribution in [2.75, 3.05) is 6.54 Å². The van der Waals surface area contributed by atoms with Gasteiger partial charge in [0.25, 0.3) is 0 Å². The Kier molecular flexibility index (Phi) is 4.11. The van der Waals surface area contributed by atoms with Gasteiger partial charge in [-0.05, 0) is 38.0 Å². The van der Waals surface area contributed by atoms with Gasteiger partial charge >= 0.3 is 0 Å². The lowest BCUT2D eigenvalue weighted by atomic mass is 9.81. The molecule has 17 heavy (non-hydrogen) atoms. The van der Waals surface area contributed by atoms with Gasteiger partial charge in [0.15, 0.2) is 0 Å². The van der Waals surface area contributed by atoms with E-state index in [4.69, 9.17) is 0 Å². The lowest BCUT2D eigenvalue weighted by molar-refractivity contribution is -0.137. The number of hydrogen-bond acceptors (Lipinski definition) is 1. The lowest BCUT2D eigenvalue weighted by Gasteiger charge is -2.30. The zero-order valence-corrected chi connectivity index (χ0v) is 10.2. The minimum atomic E-state index is 0. The topological polar surface area (TPSA) is 20.3 Å². The van der Waals surface area contributed by atoms with Crippen LogP contribution in [-0.4, -0.2) is 23.4 Å². The highest BCUT2D eigenvalue weighted by Crippen LogP contribution is 2.37. The van der Waals surface area contributed by atoms with Crippen molar-refractivity contribution < 1.29 is 4.79 Å². The maximum Gasteiger partial charge on any atom is 0.225 e. The minimum Gasteiger partial charge on any atom is -0.339 e. The molecule has 3 aliphatic rings. The summed E-state index contributed by atoms with van der Waals surface area (Å²) in [6.45, 7) is 1.06. The summed E-state index contributed by atoms with van der Waals surface area (Å²) in [6, 6.07) is 0.604. The summed E-state index contributed by atoms with van der Waals surface area (Å²) in [5.74, 6) is 1.75. The Labute approximate surface area is 106 Å². The molecule has 1 saturated heterocycles. The summed E-state index contributed by atoms with van der Waals surface area (Å²) in [6.07, 6.45) is 11.5. The number of amides is 1. The Balaban J connectivity index is 0.00000108. The van der Waals surface area contributed by atoms with Gasteiger partial charge in [-0.15, -0.1) is 0 Å². The van der Waals surface area contributed by atoms with Crippen LogP contribution in [0.1, 0.15) is 65.2 Å². The van der Waals surface area contributed by atoms with Crippen LogP contribution in [0.15, 0.2) is 0 Å². The van der Waals surface area contributed by atoms with E-state index in [0.29, 0.717) is 17.9 Å². The molecule has 0 aromatic heterocycles. The Bertz CT molecular complexity index is 270. The number of fused-ring (bicyclic) bond motifs is 2. The molecule has 0 aromatic rings. The molecule has 2 heteroatoms. The Morgan fingerprint density at radius 2 is 1.71 bits per heavy atom. The minimum absolute atomic E-state index is 0. The zero-order valence-electron chi connectivity index (χ0n) is 10.2. The summed E-state index contributed by atoms with van der Waals surface area (Å²) < 4.78 is 0. The van der Waals surface area contributed by atoms with Crippen LogP contribution in [0.25, 0.3) is 0 Å². The summed E-state index contributed by atoms with van der Waals surface area (Å²) in [4.78, 5) is 14.7. The van der Waals surface area contributed by atoms with Crippen molar-refractivity contribution in [2.45, 2.75) is 71.3 Å². The second kappa shape index (κ2) is 5.41. The second-order valence-electron chi connectivity index (χ2n) is 5.99. The molecule has 2 nitrogen and oxygen atoms in total. The molecule has 2 atom stereocenters. The number of carbonyl (C=O) groups excluding carboxylic acids is 1. The van der Waals surface area contributed by atoms with Gasteiger partial charge in [-0.25, -0.2) is 0 Å². The number of hydrogen-bond donors (Lipinski definition) is 0. The fourth-order valence-corrected chi connectivity index (χ4v) is 4.02. The lowest BCUT2D eigenvalue weighted by Crippen LogP contribution is -2.41. The SMILES string of the molecule is C.O=C1C2CCCC(CCN1C1CCCC1)C2. The molecular weight excluding hydrogens is 210 g/mol. The van der Waals surface area contributed by atoms with Gasteiger partial charge in [0.2, 0.25) is 5.91 Å². The highest BCUT2D eigenvalue weighted by molar-refractivity contribution is 5.79. The third-order valence-corrected chi connectivity index (χ3v) is 4.96. The van der Waals surface area contributed by atoms with Crippen molar-refractivity contribution in [2.24, 2.45) is 11.8 Å². The van der Waals surface area contributed by atoms with Gasteiger partial charge < -0.3 is 4.90 Å². The quantitative estimate of drug-likeness (QED) is 0.682. The first-order valence-electron chi connectivity index (χ1n) is 7.15. The average Bonchev–Trinajstić information content (AvgIpc) is 2.80. The molecular formula is C15H27NO. The van der Waals surface area contributed by atoms with Crippen molar-refractivity contribution in [3.63, 3.8) is 0 Å². The van der Waals surface area contributed by atoms with Crippen LogP contribution in [0, 0.1) is 11.8 Å². The van der Waals surface area contributed by atoms with Crippen LogP contribution in [0.3, 0.4) is 0 Å². The van der Waals surface area contributed by atoms with Crippen LogP contribution < -0.4 is 0 Å². The summed E-state index contributed by atoms with van der Waals surface area (Å²) in [7, 11) is 0. The van der Waals surface area contributed by atoms with E-state index in [1.807, 2.05) is 0 Å². The number of rotatable bonds is 1. The van der Waals surface area contributed by atoms with E-state index in [9.17, 15) is 4.79 Å². The molecule has 0 radical (unpaired) electrons. The van der Waals surface area contributed by atoms with E-state index in [1.165, 1.54) is 57.8 Å². The predicted molar refractivity (Wildman–Crippen MR) is 70.8 cm³/mol. The molecule has 1 heterocycles. The third kappa shape index (κ3) is 2.51. The van der Waals surface area contributed by atoms with Crippen molar-refractivity contribution >= 4 is 5.91 Å². The van der Waals surface area contributed by atoms with Gasteiger partial charge in [-0.2, -0.15) is 0 Å². The van der Waals surface area contributed by atoms with E-state index < -0.39 is 0 Å². The van der Waals surface area contributed by atoms with Gasteiger partial charge in [0, 0.05) is 18.5 Å². The van der Waals surface area contributed by atoms with Crippen LogP contribution in [0.2, 0.25) is 0 Å². The number of nitrogens with zero attached hydrogens (tertiary/aromatic N) is 1. The smallest absolute Gasteiger partial charge is 0.225 e. The Morgan fingerprint density at radius 1 is 0.941 bits per heavy atom. The summed E-state index contributed by atoms with van der Waals surface area (Å²) in [5.41, 5.74) is 0. The van der Waals surface area contributed by atoms with Crippen LogP contribution in [0.4, 0.5) is 0 Å². The van der Waals surface area contributed by atoms with E-state index in [1.54, 1.807) is 0 Å². The first kappa shape index (κ1) is 12.9. The standard InChI is InChI=1S/C14H23NO.CH4/c16-14-12-5-3-4-11(10-12)8-9-15(14)13-6-1-2-7-13;/h11-13H,1-10H2;1H4. The van der Waals surface area contributed by atoms with Crippen LogP contribution in [0.5, 0.6) is 0 Å². The summed E-state index contributed by atoms with van der Waals surface area (Å²) >= 11 is 0. The van der Waals surface area contributed by atoms with Gasteiger partial charge in [-0.1, -0.05) is 33.1 Å². The Hall–Kier alpha value is -0.530. The fourth-order valence-electron chi connectivity index (χ4n) is 4.02. The third-order valence-electron chi connectivity index (χ3n) is 4.96. The molecule has 1 amide bonds. The maximum absolute atomic E-state index is 12.5. The first-order valence-corrected chi connectivity index (χ1v) is 7.15.